The van der Waals surface area contributed by atoms with Crippen LogP contribution in [0.2, 0.25) is 10.0 Å². The molecule has 12 N–H and O–H groups in total. The summed E-state index contributed by atoms with van der Waals surface area (Å²) in [6, 6.07) is 39.9. The van der Waals surface area contributed by atoms with Gasteiger partial charge in [0.15, 0.2) is 5.82 Å². The average molecular weight is 1790 g/mol. The summed E-state index contributed by atoms with van der Waals surface area (Å²) in [5.41, 5.74) is 7.61. The molecule has 6 aromatic rings. The first-order valence-electron chi connectivity index (χ1n) is 17.0. The quantitative estimate of drug-likeness (QED) is 0.0818. The molecule has 0 saturated heterocycles. The van der Waals surface area contributed by atoms with E-state index in [1.165, 1.54) is 0 Å². The molecule has 0 unspecified atom stereocenters. The number of nitrogens with zero attached hydrogens (tertiary/aromatic N) is 2. The first-order chi connectivity index (χ1) is 31.0. The molecule has 6 rings (SSSR count). The molecule has 0 fully saturated rings. The van der Waals surface area contributed by atoms with Crippen molar-refractivity contribution in [2.24, 2.45) is 0 Å². The number of aromatic nitrogens is 2. The fourth-order valence-corrected chi connectivity index (χ4v) is 4.92. The van der Waals surface area contributed by atoms with E-state index in [4.69, 9.17) is 78.2 Å². The molecule has 69 heavy (non-hydrogen) atoms. The van der Waals surface area contributed by atoms with Crippen LogP contribution in [-0.2, 0) is 18.1 Å². The van der Waals surface area contributed by atoms with Crippen molar-refractivity contribution in [2.45, 2.75) is 6.92 Å². The van der Waals surface area contributed by atoms with E-state index >= 15 is 0 Å². The molecule has 0 aliphatic heterocycles. The van der Waals surface area contributed by atoms with Crippen LogP contribution in [0, 0.1) is 6.92 Å². The van der Waals surface area contributed by atoms with Crippen molar-refractivity contribution in [3.63, 3.8) is 0 Å². The molecule has 21 nitrogen and oxygen atoms in total. The molecule has 0 aliphatic carbocycles. The van der Waals surface area contributed by atoms with Gasteiger partial charge in [-0.25, -0.2) is 0 Å². The van der Waals surface area contributed by atoms with E-state index in [9.17, 15) is 18.1 Å². The third-order valence-electron chi connectivity index (χ3n) is 6.42. The fourth-order valence-electron chi connectivity index (χ4n) is 4.45. The zero-order valence-corrected chi connectivity index (χ0v) is 55.2. The molecule has 1 aromatic heterocycles. The summed E-state index contributed by atoms with van der Waals surface area (Å²) in [6.45, 7) is 2.05. The van der Waals surface area contributed by atoms with Gasteiger partial charge in [-0.15, -0.1) is 9.97 Å². The van der Waals surface area contributed by atoms with Gasteiger partial charge in [0.05, 0.1) is 0 Å². The van der Waals surface area contributed by atoms with Crippen LogP contribution in [0.1, 0.15) is 5.56 Å². The molecule has 0 saturated carbocycles. The summed E-state index contributed by atoms with van der Waals surface area (Å²) < 4.78 is 151. The Morgan fingerprint density at radius 2 is 0.623 bits per heavy atom. The Morgan fingerprint density at radius 1 is 0.362 bits per heavy atom. The number of hydrogen-bond donors (Lipinski definition) is 12. The van der Waals surface area contributed by atoms with Crippen LogP contribution in [0.25, 0.3) is 56.6 Å². The SMILES string of the molecule is Cc1ccc(-c2nc(-c3cc(Cl)cc(-c4ccccc4)c3)nc(-c3cc(Cl)cc(-c4ccccc4)c3)[o+]2)cc1.[O]=[Sb]([OH])([OH])[Cl].[O]=[Sb]([OH])([OH])[Cl].[O]=[Sb]([OH])([OH])[Cl].[O]=[Sb]([OH])([OH])[Cl].[O]=[Sb]([OH])([OH])[Cl].[O]=[Sb]([OH])([OH])[Cl]. The van der Waals surface area contributed by atoms with Gasteiger partial charge in [-0.1, -0.05) is 102 Å². The second kappa shape index (κ2) is 32.3. The van der Waals surface area contributed by atoms with Gasteiger partial charge in [0.2, 0.25) is 0 Å². The molecular formula is C34H35Cl8N2O19Sb6+. The minimum absolute atomic E-state index is 0.413. The summed E-state index contributed by atoms with van der Waals surface area (Å²) in [5.74, 6) is 1.38. The fraction of sp³-hybridized carbons (Fsp3) is 0.0294. The predicted octanol–water partition coefficient (Wildman–Crippen LogP) is 4.76. The van der Waals surface area contributed by atoms with Gasteiger partial charge in [0, 0.05) is 15.6 Å². The zero-order valence-electron chi connectivity index (χ0n) is 33.9. The van der Waals surface area contributed by atoms with Gasteiger partial charge >= 0.3 is 234 Å². The van der Waals surface area contributed by atoms with Gasteiger partial charge in [0.25, 0.3) is 0 Å². The molecule has 0 spiro atoms. The molecule has 0 bridgehead atoms. The van der Waals surface area contributed by atoms with Crippen molar-refractivity contribution in [3.8, 4) is 56.6 Å². The van der Waals surface area contributed by atoms with Gasteiger partial charge < -0.3 is 0 Å². The van der Waals surface area contributed by atoms with E-state index in [0.717, 1.165) is 44.5 Å². The zero-order chi connectivity index (χ0) is 53.8. The van der Waals surface area contributed by atoms with E-state index in [1.54, 1.807) is 0 Å². The maximum atomic E-state index is 9.18. The molecular weight excluding hydrogens is 1750 g/mol. The number of benzene rings is 5. The molecule has 0 atom stereocenters. The average Bonchev–Trinajstić information content (AvgIpc) is 3.14. The Balaban J connectivity index is 0.00000125. The van der Waals surface area contributed by atoms with Crippen molar-refractivity contribution in [2.75, 3.05) is 0 Å². The summed E-state index contributed by atoms with van der Waals surface area (Å²) in [5, 5.41) is 1.19. The topological polar surface area (TPSA) is 382 Å². The number of rotatable bonds is 5. The van der Waals surface area contributed by atoms with Crippen LogP contribution in [0.15, 0.2) is 126 Å². The maximum absolute atomic E-state index is 9.18. The molecule has 0 aliphatic rings. The first kappa shape index (κ1) is 69.7. The van der Waals surface area contributed by atoms with Crippen LogP contribution >= 0.6 is 76.2 Å². The monoisotopic (exact) mass is 1780 g/mol. The summed E-state index contributed by atoms with van der Waals surface area (Å²) in [6.07, 6.45) is 0. The third kappa shape index (κ3) is 44.7. The van der Waals surface area contributed by atoms with Crippen LogP contribution in [0.5, 0.6) is 0 Å². The van der Waals surface area contributed by atoms with Crippen LogP contribution < -0.4 is 0 Å². The summed E-state index contributed by atoms with van der Waals surface area (Å²) in [7, 11) is 25.7. The second-order valence-corrected chi connectivity index (χ2v) is 46.9. The van der Waals surface area contributed by atoms with Crippen molar-refractivity contribution in [3.05, 3.63) is 137 Å². The van der Waals surface area contributed by atoms with Crippen molar-refractivity contribution >= 4 is 187 Å². The van der Waals surface area contributed by atoms with Crippen molar-refractivity contribution in [1.29, 1.82) is 0 Å². The second-order valence-electron chi connectivity index (χ2n) is 12.2. The Morgan fingerprint density at radius 3 is 0.942 bits per heavy atom. The van der Waals surface area contributed by atoms with Gasteiger partial charge in [-0.3, -0.25) is 0 Å². The number of aryl methyl sites for hydroxylation is 1. The Hall–Kier alpha value is 0.659. The van der Waals surface area contributed by atoms with Crippen LogP contribution in [0.4, 0.5) is 0 Å². The molecule has 0 amide bonds. The molecule has 380 valence electrons. The number of hydrogen-bond acceptors (Lipinski definition) is 8. The van der Waals surface area contributed by atoms with Crippen molar-refractivity contribution < 1.29 is 63.1 Å². The van der Waals surface area contributed by atoms with Gasteiger partial charge in [-0.2, -0.15) is 4.42 Å². The Kier molecular flexibility index (Phi) is 32.6. The van der Waals surface area contributed by atoms with E-state index in [1.807, 2.05) is 116 Å². The van der Waals surface area contributed by atoms with E-state index in [2.05, 4.69) is 65.1 Å². The normalized spacial score (nSPS) is 11.3. The number of halogens is 8. The predicted molar refractivity (Wildman–Crippen MR) is 261 cm³/mol. The first-order valence-corrected chi connectivity index (χ1v) is 57.2. The summed E-state index contributed by atoms with van der Waals surface area (Å²) >= 11 is -16.1. The Labute approximate surface area is 453 Å². The minimum atomic E-state index is -4.88. The van der Waals surface area contributed by atoms with Gasteiger partial charge in [0.1, 0.15) is 11.1 Å². The standard InChI is InChI=1S/C34H23Cl2N2O.6ClH.12H2O.6O.6Sb/c1-22-12-14-25(15-13-22)33-37-32(28-16-26(18-30(35)20-28)23-8-4-2-5-9-23)38-34(39-33)29-17-27(19-31(36)21-29)24-10-6-3-7-11-24;;;;;;;;;;;;;;;;;;;;;;;;;;;;;;/h2-21H,1H3;6*1H;12*1H2;;;;;;;;;;;;/q+1;;;;;;;;;;;;;;;;;;;;;;;;;6*+3/p-18. The molecule has 35 heteroatoms. The molecule has 1 heterocycles. The van der Waals surface area contributed by atoms with Crippen LogP contribution in [-0.4, -0.2) is 162 Å². The van der Waals surface area contributed by atoms with Gasteiger partial charge in [-0.05, 0) is 77.7 Å². The van der Waals surface area contributed by atoms with E-state index in [0.29, 0.717) is 27.7 Å². The molecule has 0 radical (unpaired) electrons. The summed E-state index contributed by atoms with van der Waals surface area (Å²) in [4.78, 5) is 9.71. The Bertz CT molecular complexity index is 2540. The molecule has 5 aromatic carbocycles. The van der Waals surface area contributed by atoms with Crippen molar-refractivity contribution in [1.82, 2.24) is 9.97 Å². The third-order valence-corrected chi connectivity index (χ3v) is 6.86. The van der Waals surface area contributed by atoms with E-state index in [-0.39, 0.29) is 0 Å². The van der Waals surface area contributed by atoms with Crippen LogP contribution in [0.3, 0.4) is 0 Å². The van der Waals surface area contributed by atoms with E-state index < -0.39 is 111 Å².